The number of nitrogens with two attached hydrogens (primary N) is 1. The minimum absolute atomic E-state index is 0.0772. The molecule has 9 heteroatoms. The summed E-state index contributed by atoms with van der Waals surface area (Å²) in [7, 11) is 2.86. The number of methoxy groups -OCH3 is 1. The quantitative estimate of drug-likeness (QED) is 0.121. The summed E-state index contributed by atoms with van der Waals surface area (Å²) in [5.74, 6) is -1.21. The first-order chi connectivity index (χ1) is 18.4. The molecule has 0 spiro atoms. The van der Waals surface area contributed by atoms with Gasteiger partial charge in [0.15, 0.2) is 11.7 Å². The number of nitrogens with zero attached hydrogens (tertiary/aromatic N) is 1. The lowest BCUT2D eigenvalue weighted by molar-refractivity contribution is -0.147. The number of ether oxygens (including phenoxy) is 2. The number of carbonyl (C=O) groups excluding carboxylic acids is 3. The molecule has 0 bridgehead atoms. The molecule has 0 unspecified atom stereocenters. The van der Waals surface area contributed by atoms with Crippen molar-refractivity contribution in [3.05, 3.63) is 72.3 Å². The summed E-state index contributed by atoms with van der Waals surface area (Å²) < 4.78 is 10.5. The Labute approximate surface area is 223 Å². The first-order valence-corrected chi connectivity index (χ1v) is 12.7. The maximum absolute atomic E-state index is 13.1. The van der Waals surface area contributed by atoms with Crippen LogP contribution in [0.2, 0.25) is 0 Å². The van der Waals surface area contributed by atoms with Crippen molar-refractivity contribution in [3.8, 4) is 11.1 Å². The van der Waals surface area contributed by atoms with Crippen LogP contribution in [0.25, 0.3) is 11.1 Å². The van der Waals surface area contributed by atoms with Crippen LogP contribution in [0, 0.1) is 5.92 Å². The molecule has 0 aromatic heterocycles. The largest absolute Gasteiger partial charge is 0.469 e. The number of aliphatic imine (C=N–C) groups is 1. The number of guanidine groups is 1. The number of hydrogen-bond acceptors (Lipinski definition) is 6. The minimum atomic E-state index is -0.865. The number of nitrogens with one attached hydrogen (secondary N) is 2. The van der Waals surface area contributed by atoms with Gasteiger partial charge in [-0.15, -0.1) is 6.58 Å². The van der Waals surface area contributed by atoms with E-state index in [1.54, 1.807) is 13.1 Å². The highest BCUT2D eigenvalue weighted by atomic mass is 16.5. The molecular weight excluding hydrogens is 484 g/mol. The Bertz CT molecular complexity index is 1130. The Balaban J connectivity index is 1.59. The molecule has 0 saturated heterocycles. The summed E-state index contributed by atoms with van der Waals surface area (Å²) in [6.45, 7) is 4.33. The van der Waals surface area contributed by atoms with E-state index in [1.807, 2.05) is 36.4 Å². The Morgan fingerprint density at radius 2 is 1.74 bits per heavy atom. The molecule has 38 heavy (non-hydrogen) atoms. The molecular formula is C29H36N4O5. The fourth-order valence-corrected chi connectivity index (χ4v) is 4.72. The molecule has 0 aliphatic heterocycles. The Hall–Kier alpha value is -4.14. The van der Waals surface area contributed by atoms with Gasteiger partial charge in [-0.2, -0.15) is 0 Å². The van der Waals surface area contributed by atoms with Gasteiger partial charge >= 0.3 is 12.1 Å². The third-order valence-corrected chi connectivity index (χ3v) is 6.69. The number of esters is 1. The number of fused-ring (bicyclic) bond motifs is 3. The molecule has 2 aromatic rings. The van der Waals surface area contributed by atoms with Gasteiger partial charge in [-0.1, -0.05) is 54.6 Å². The van der Waals surface area contributed by atoms with Crippen molar-refractivity contribution in [2.24, 2.45) is 16.6 Å². The van der Waals surface area contributed by atoms with Gasteiger partial charge in [0.2, 0.25) is 0 Å². The molecule has 9 nitrogen and oxygen atoms in total. The number of ketones is 1. The predicted molar refractivity (Wildman–Crippen MR) is 147 cm³/mol. The minimum Gasteiger partial charge on any atom is -0.469 e. The second kappa shape index (κ2) is 14.0. The first-order valence-electron chi connectivity index (χ1n) is 12.7. The summed E-state index contributed by atoms with van der Waals surface area (Å²) in [6, 6.07) is 15.3. The average Bonchev–Trinajstić information content (AvgIpc) is 3.26. The smallest absolute Gasteiger partial charge is 0.407 e. The van der Waals surface area contributed by atoms with E-state index < -0.39 is 24.0 Å². The van der Waals surface area contributed by atoms with E-state index in [-0.39, 0.29) is 31.1 Å². The van der Waals surface area contributed by atoms with Crippen LogP contribution in [0.5, 0.6) is 0 Å². The number of benzene rings is 2. The zero-order chi connectivity index (χ0) is 27.5. The Kier molecular flexibility index (Phi) is 10.5. The molecule has 0 heterocycles. The highest BCUT2D eigenvalue weighted by Crippen LogP contribution is 2.44. The molecule has 202 valence electrons. The van der Waals surface area contributed by atoms with E-state index in [0.717, 1.165) is 22.3 Å². The third-order valence-electron chi connectivity index (χ3n) is 6.69. The molecule has 1 amide bonds. The third kappa shape index (κ3) is 7.21. The molecule has 3 rings (SSSR count). The summed E-state index contributed by atoms with van der Waals surface area (Å²) in [5.41, 5.74) is 10.1. The zero-order valence-corrected chi connectivity index (χ0v) is 21.9. The van der Waals surface area contributed by atoms with Gasteiger partial charge < -0.3 is 25.8 Å². The summed E-state index contributed by atoms with van der Waals surface area (Å²) in [4.78, 5) is 42.0. The van der Waals surface area contributed by atoms with E-state index in [1.165, 1.54) is 7.11 Å². The highest BCUT2D eigenvalue weighted by molar-refractivity contribution is 5.90. The number of amides is 1. The fraction of sp³-hybridized carbons (Fsp3) is 0.379. The fourth-order valence-electron chi connectivity index (χ4n) is 4.72. The van der Waals surface area contributed by atoms with Gasteiger partial charge in [0.25, 0.3) is 0 Å². The van der Waals surface area contributed by atoms with E-state index in [9.17, 15) is 14.4 Å². The van der Waals surface area contributed by atoms with E-state index in [2.05, 4.69) is 34.3 Å². The van der Waals surface area contributed by atoms with Crippen molar-refractivity contribution in [2.45, 2.75) is 37.6 Å². The normalized spacial score (nSPS) is 14.0. The second-order valence-electron chi connectivity index (χ2n) is 9.12. The van der Waals surface area contributed by atoms with Gasteiger partial charge in [-0.25, -0.2) is 4.79 Å². The standard InChI is InChI=1S/C29H36N4O5/c1-4-10-25(26(34)17-19(27(35)37-3)11-9-16-32-28(30)31-2)33-29(36)38-18-24-22-14-7-5-12-20(22)21-13-6-8-15-23(21)24/h4-8,12-15,19,24-25H,1,9-11,16-18H2,2-3H3,(H,33,36)(H3,30,31,32)/t19-,25+/m1/s1. The highest BCUT2D eigenvalue weighted by Gasteiger charge is 2.31. The number of rotatable bonds is 13. The van der Waals surface area contributed by atoms with Crippen molar-refractivity contribution in [1.82, 2.24) is 10.6 Å². The molecule has 0 fully saturated rings. The number of alkyl carbamates (subject to hydrolysis) is 1. The predicted octanol–water partition coefficient (Wildman–Crippen LogP) is 3.53. The Morgan fingerprint density at radius 1 is 1.11 bits per heavy atom. The van der Waals surface area contributed by atoms with Crippen molar-refractivity contribution in [1.29, 1.82) is 0 Å². The van der Waals surface area contributed by atoms with Gasteiger partial charge in [0.1, 0.15) is 6.61 Å². The number of Topliss-reactive ketones (excluding diaryl/α,β-unsaturated/α-hetero) is 1. The lowest BCUT2D eigenvalue weighted by Gasteiger charge is -2.20. The van der Waals surface area contributed by atoms with Gasteiger partial charge in [-0.05, 0) is 41.5 Å². The van der Waals surface area contributed by atoms with Gasteiger partial charge in [0.05, 0.1) is 19.1 Å². The Morgan fingerprint density at radius 3 is 2.32 bits per heavy atom. The average molecular weight is 521 g/mol. The van der Waals surface area contributed by atoms with Crippen molar-refractivity contribution < 1.29 is 23.9 Å². The molecule has 0 radical (unpaired) electrons. The van der Waals surface area contributed by atoms with Crippen LogP contribution in [-0.4, -0.2) is 57.2 Å². The topological polar surface area (TPSA) is 132 Å². The molecule has 4 N–H and O–H groups in total. The molecule has 0 saturated carbocycles. The van der Waals surface area contributed by atoms with E-state index in [0.29, 0.717) is 25.3 Å². The van der Waals surface area contributed by atoms with Crippen molar-refractivity contribution >= 4 is 23.8 Å². The van der Waals surface area contributed by atoms with Gasteiger partial charge in [0, 0.05) is 25.9 Å². The number of hydrogen-bond donors (Lipinski definition) is 3. The maximum Gasteiger partial charge on any atom is 0.407 e. The van der Waals surface area contributed by atoms with Crippen LogP contribution in [0.1, 0.15) is 42.7 Å². The van der Waals surface area contributed by atoms with Gasteiger partial charge in [-0.3, -0.25) is 14.6 Å². The van der Waals surface area contributed by atoms with Crippen LogP contribution in [0.4, 0.5) is 4.79 Å². The van der Waals surface area contributed by atoms with E-state index in [4.69, 9.17) is 15.2 Å². The van der Waals surface area contributed by atoms with Crippen molar-refractivity contribution in [3.63, 3.8) is 0 Å². The monoisotopic (exact) mass is 520 g/mol. The maximum atomic E-state index is 13.1. The van der Waals surface area contributed by atoms with Crippen LogP contribution >= 0.6 is 0 Å². The SMILES string of the molecule is C=CC[C@H](NC(=O)OCC1c2ccccc2-c2ccccc21)C(=O)C[C@@H](CCCNC(N)=NC)C(=O)OC. The first kappa shape index (κ1) is 28.4. The van der Waals surface area contributed by atoms with E-state index >= 15 is 0 Å². The lowest BCUT2D eigenvalue weighted by Crippen LogP contribution is -2.42. The molecule has 2 aromatic carbocycles. The second-order valence-corrected chi connectivity index (χ2v) is 9.12. The van der Waals surface area contributed by atoms with Crippen LogP contribution in [0.3, 0.4) is 0 Å². The van der Waals surface area contributed by atoms with Crippen molar-refractivity contribution in [2.75, 3.05) is 27.3 Å². The summed E-state index contributed by atoms with van der Waals surface area (Å²) in [6.07, 6.45) is 1.98. The molecule has 2 atom stereocenters. The van der Waals surface area contributed by atoms with Crippen LogP contribution < -0.4 is 16.4 Å². The molecule has 1 aliphatic rings. The summed E-state index contributed by atoms with van der Waals surface area (Å²) in [5, 5.41) is 5.58. The number of carbonyl (C=O) groups is 3. The van der Waals surface area contributed by atoms with Crippen LogP contribution in [0.15, 0.2) is 66.2 Å². The zero-order valence-electron chi connectivity index (χ0n) is 21.9. The lowest BCUT2D eigenvalue weighted by atomic mass is 9.93. The molecule has 1 aliphatic carbocycles. The summed E-state index contributed by atoms with van der Waals surface area (Å²) >= 11 is 0. The van der Waals surface area contributed by atoms with Crippen LogP contribution in [-0.2, 0) is 19.1 Å².